The van der Waals surface area contributed by atoms with E-state index in [1.807, 2.05) is 22.6 Å². The summed E-state index contributed by atoms with van der Waals surface area (Å²) in [7, 11) is 0. The number of H-pyrrole nitrogens is 1. The molecule has 72 valence electrons. The molecule has 0 aliphatic heterocycles. The monoisotopic (exact) mass is 341 g/mol. The van der Waals surface area contributed by atoms with E-state index in [1.54, 1.807) is 0 Å². The zero-order chi connectivity index (χ0) is 10.1. The number of nitrogens with zero attached hydrogens (tertiary/aromatic N) is 4. The van der Waals surface area contributed by atoms with Gasteiger partial charge in [-0.1, -0.05) is 23.2 Å². The second-order valence-electron chi connectivity index (χ2n) is 2.30. The molecule has 2 heterocycles. The first kappa shape index (κ1) is 10.1. The summed E-state index contributed by atoms with van der Waals surface area (Å²) in [6.07, 6.45) is 1.49. The van der Waals surface area contributed by atoms with Crippen LogP contribution in [0.2, 0.25) is 10.3 Å². The molecule has 2 rings (SSSR count). The van der Waals surface area contributed by atoms with E-state index in [0.717, 1.165) is 0 Å². The standard InChI is InChI=1S/C6H2Cl2IN5/c7-4-3(9)5(8)12-6(11-4)2-1-10-14-13-2/h1H,(H,10,13,14). The molecule has 0 amide bonds. The second kappa shape index (κ2) is 3.95. The fourth-order valence-corrected chi connectivity index (χ4v) is 1.45. The molecule has 0 saturated heterocycles. The summed E-state index contributed by atoms with van der Waals surface area (Å²) in [5.74, 6) is 0.356. The fourth-order valence-electron chi connectivity index (χ4n) is 0.818. The maximum Gasteiger partial charge on any atom is 0.184 e. The third-order valence-electron chi connectivity index (χ3n) is 1.41. The predicted octanol–water partition coefficient (Wildman–Crippen LogP) is 2.17. The largest absolute Gasteiger partial charge is 0.213 e. The average Bonchev–Trinajstić information content (AvgIpc) is 2.66. The van der Waals surface area contributed by atoms with Crippen LogP contribution in [-0.4, -0.2) is 25.4 Å². The van der Waals surface area contributed by atoms with Crippen LogP contribution in [0.4, 0.5) is 0 Å². The summed E-state index contributed by atoms with van der Waals surface area (Å²) < 4.78 is 0.623. The van der Waals surface area contributed by atoms with E-state index in [1.165, 1.54) is 6.20 Å². The zero-order valence-electron chi connectivity index (χ0n) is 6.50. The lowest BCUT2D eigenvalue weighted by atomic mass is 10.4. The van der Waals surface area contributed by atoms with Gasteiger partial charge in [-0.05, 0) is 22.6 Å². The van der Waals surface area contributed by atoms with Gasteiger partial charge in [0.1, 0.15) is 16.0 Å². The van der Waals surface area contributed by atoms with Crippen molar-refractivity contribution in [3.63, 3.8) is 0 Å². The Morgan fingerprint density at radius 3 is 2.36 bits per heavy atom. The van der Waals surface area contributed by atoms with Gasteiger partial charge >= 0.3 is 0 Å². The summed E-state index contributed by atoms with van der Waals surface area (Å²) in [4.78, 5) is 8.03. The first-order chi connectivity index (χ1) is 6.68. The maximum atomic E-state index is 5.83. The smallest absolute Gasteiger partial charge is 0.184 e. The van der Waals surface area contributed by atoms with Crippen molar-refractivity contribution in [3.8, 4) is 11.5 Å². The Bertz CT molecular complexity index is 434. The molecule has 0 aliphatic carbocycles. The highest BCUT2D eigenvalue weighted by atomic mass is 127. The van der Waals surface area contributed by atoms with Crippen LogP contribution < -0.4 is 0 Å². The summed E-state index contributed by atoms with van der Waals surface area (Å²) in [5, 5.41) is 10.5. The number of aromatic nitrogens is 5. The fraction of sp³-hybridized carbons (Fsp3) is 0. The lowest BCUT2D eigenvalue weighted by Gasteiger charge is -1.99. The van der Waals surface area contributed by atoms with E-state index in [9.17, 15) is 0 Å². The van der Waals surface area contributed by atoms with Crippen molar-refractivity contribution >= 4 is 45.8 Å². The summed E-state index contributed by atoms with van der Waals surface area (Å²) in [6.45, 7) is 0. The van der Waals surface area contributed by atoms with Crippen molar-refractivity contribution in [3.05, 3.63) is 20.1 Å². The minimum Gasteiger partial charge on any atom is -0.213 e. The third kappa shape index (κ3) is 1.82. The highest BCUT2D eigenvalue weighted by molar-refractivity contribution is 14.1. The molecular weight excluding hydrogens is 340 g/mol. The highest BCUT2D eigenvalue weighted by Gasteiger charge is 2.11. The molecule has 2 aromatic rings. The molecule has 8 heteroatoms. The van der Waals surface area contributed by atoms with Crippen LogP contribution in [-0.2, 0) is 0 Å². The van der Waals surface area contributed by atoms with Gasteiger partial charge in [-0.15, -0.1) is 0 Å². The first-order valence-electron chi connectivity index (χ1n) is 3.43. The van der Waals surface area contributed by atoms with Crippen LogP contribution in [0, 0.1) is 3.57 Å². The first-order valence-corrected chi connectivity index (χ1v) is 5.26. The molecule has 0 radical (unpaired) electrons. The van der Waals surface area contributed by atoms with Crippen LogP contribution in [0.5, 0.6) is 0 Å². The van der Waals surface area contributed by atoms with E-state index in [4.69, 9.17) is 23.2 Å². The van der Waals surface area contributed by atoms with Gasteiger partial charge < -0.3 is 0 Å². The van der Waals surface area contributed by atoms with Crippen molar-refractivity contribution < 1.29 is 0 Å². The molecule has 14 heavy (non-hydrogen) atoms. The average molecular weight is 342 g/mol. The molecule has 5 nitrogen and oxygen atoms in total. The number of rotatable bonds is 1. The molecule has 0 spiro atoms. The summed E-state index contributed by atoms with van der Waals surface area (Å²) >= 11 is 13.6. The van der Waals surface area contributed by atoms with Crippen LogP contribution in [0.15, 0.2) is 6.20 Å². The van der Waals surface area contributed by atoms with Gasteiger partial charge in [0.25, 0.3) is 0 Å². The minimum atomic E-state index is 0.309. The molecule has 0 aromatic carbocycles. The number of hydrogen-bond acceptors (Lipinski definition) is 4. The van der Waals surface area contributed by atoms with Crippen molar-refractivity contribution in [2.75, 3.05) is 0 Å². The number of hydrogen-bond donors (Lipinski definition) is 1. The van der Waals surface area contributed by atoms with Gasteiger partial charge in [-0.3, -0.25) is 0 Å². The van der Waals surface area contributed by atoms with Crippen LogP contribution >= 0.6 is 45.8 Å². The maximum absolute atomic E-state index is 5.83. The molecule has 0 bridgehead atoms. The van der Waals surface area contributed by atoms with E-state index in [2.05, 4.69) is 25.4 Å². The Balaban J connectivity index is 2.57. The number of aromatic amines is 1. The number of halogens is 3. The van der Waals surface area contributed by atoms with Crippen molar-refractivity contribution in [2.45, 2.75) is 0 Å². The molecule has 0 fully saturated rings. The van der Waals surface area contributed by atoms with Crippen molar-refractivity contribution in [1.82, 2.24) is 25.4 Å². The predicted molar refractivity (Wildman–Crippen MR) is 60.1 cm³/mol. The minimum absolute atomic E-state index is 0.309. The zero-order valence-corrected chi connectivity index (χ0v) is 10.2. The van der Waals surface area contributed by atoms with Gasteiger partial charge in [-0.2, -0.15) is 15.4 Å². The molecule has 2 aromatic heterocycles. The summed E-state index contributed by atoms with van der Waals surface area (Å²) in [6, 6.07) is 0. The topological polar surface area (TPSA) is 67.3 Å². The quantitative estimate of drug-likeness (QED) is 0.637. The molecule has 0 unspecified atom stereocenters. The third-order valence-corrected chi connectivity index (χ3v) is 3.62. The Morgan fingerprint density at radius 1 is 1.21 bits per heavy atom. The Kier molecular flexibility index (Phi) is 2.84. The molecular formula is C6H2Cl2IN5. The van der Waals surface area contributed by atoms with Crippen molar-refractivity contribution in [1.29, 1.82) is 0 Å². The van der Waals surface area contributed by atoms with Gasteiger partial charge in [0, 0.05) is 0 Å². The van der Waals surface area contributed by atoms with E-state index >= 15 is 0 Å². The second-order valence-corrected chi connectivity index (χ2v) is 4.09. The van der Waals surface area contributed by atoms with E-state index in [0.29, 0.717) is 25.4 Å². The Hall–Kier alpha value is -0.470. The normalized spacial score (nSPS) is 10.5. The van der Waals surface area contributed by atoms with Crippen LogP contribution in [0.3, 0.4) is 0 Å². The van der Waals surface area contributed by atoms with Gasteiger partial charge in [0.05, 0.1) is 9.77 Å². The lowest BCUT2D eigenvalue weighted by Crippen LogP contribution is -1.93. The van der Waals surface area contributed by atoms with Crippen LogP contribution in [0.1, 0.15) is 0 Å². The van der Waals surface area contributed by atoms with Gasteiger partial charge in [0.15, 0.2) is 5.82 Å². The van der Waals surface area contributed by atoms with Gasteiger partial charge in [0.2, 0.25) is 0 Å². The SMILES string of the molecule is Clc1nc(-c2cn[nH]n2)nc(Cl)c1I. The van der Waals surface area contributed by atoms with Crippen LogP contribution in [0.25, 0.3) is 11.5 Å². The molecule has 0 aliphatic rings. The molecule has 0 saturated carbocycles. The van der Waals surface area contributed by atoms with E-state index < -0.39 is 0 Å². The Labute approximate surface area is 102 Å². The molecule has 1 N–H and O–H groups in total. The Morgan fingerprint density at radius 2 is 1.86 bits per heavy atom. The number of nitrogens with one attached hydrogen (secondary N) is 1. The highest BCUT2D eigenvalue weighted by Crippen LogP contribution is 2.25. The molecule has 0 atom stereocenters. The van der Waals surface area contributed by atoms with Crippen molar-refractivity contribution in [2.24, 2.45) is 0 Å². The van der Waals surface area contributed by atoms with Gasteiger partial charge in [-0.25, -0.2) is 9.97 Å². The van der Waals surface area contributed by atoms with E-state index in [-0.39, 0.29) is 0 Å². The summed E-state index contributed by atoms with van der Waals surface area (Å²) in [5.41, 5.74) is 0.505. The lowest BCUT2D eigenvalue weighted by molar-refractivity contribution is 0.938.